The summed E-state index contributed by atoms with van der Waals surface area (Å²) in [6.45, 7) is 2.65. The minimum absolute atomic E-state index is 0.159. The highest BCUT2D eigenvalue weighted by Gasteiger charge is 2.22. The number of amides is 1. The quantitative estimate of drug-likeness (QED) is 0.317. The molecule has 0 bridgehead atoms. The van der Waals surface area contributed by atoms with E-state index in [1.54, 1.807) is 13.1 Å². The average Bonchev–Trinajstić information content (AvgIpc) is 2.92. The Balaban J connectivity index is 1.56. The Bertz CT molecular complexity index is 904. The van der Waals surface area contributed by atoms with Crippen molar-refractivity contribution in [2.24, 2.45) is 0 Å². The summed E-state index contributed by atoms with van der Waals surface area (Å²) in [5, 5.41) is 2.02. The smallest absolute Gasteiger partial charge is 0.269 e. The number of rotatable bonds is 9. The third-order valence-electron chi connectivity index (χ3n) is 5.70. The van der Waals surface area contributed by atoms with E-state index in [1.807, 2.05) is 6.08 Å². The predicted molar refractivity (Wildman–Crippen MR) is 128 cm³/mol. The molecule has 2 aliphatic rings. The van der Waals surface area contributed by atoms with Gasteiger partial charge >= 0.3 is 0 Å². The van der Waals surface area contributed by atoms with Gasteiger partial charge in [0.05, 0.1) is 7.11 Å². The average molecular weight is 442 g/mol. The Labute approximate surface area is 190 Å². The van der Waals surface area contributed by atoms with E-state index in [0.717, 1.165) is 50.3 Å². The van der Waals surface area contributed by atoms with Gasteiger partial charge in [0, 0.05) is 42.6 Å². The predicted octanol–water partition coefficient (Wildman–Crippen LogP) is 4.67. The van der Waals surface area contributed by atoms with Crippen molar-refractivity contribution >= 4 is 23.2 Å². The molecular formula is C25H32ClN3O2. The van der Waals surface area contributed by atoms with E-state index in [1.165, 1.54) is 34.7 Å². The fourth-order valence-corrected chi connectivity index (χ4v) is 4.04. The molecule has 0 spiro atoms. The van der Waals surface area contributed by atoms with Crippen molar-refractivity contribution in [3.63, 3.8) is 0 Å². The molecule has 0 unspecified atom stereocenters. The second-order valence-electron chi connectivity index (χ2n) is 7.93. The number of unbranched alkanes of at least 4 members (excludes halogenated alkanes) is 1. The molecule has 0 aromatic heterocycles. The monoisotopic (exact) mass is 441 g/mol. The van der Waals surface area contributed by atoms with Gasteiger partial charge in [-0.25, -0.2) is 5.06 Å². The summed E-state index contributed by atoms with van der Waals surface area (Å²) in [5.74, 6) is -0.159. The van der Waals surface area contributed by atoms with Crippen LogP contribution in [0.4, 0.5) is 5.69 Å². The van der Waals surface area contributed by atoms with Crippen LogP contribution in [-0.2, 0) is 16.1 Å². The molecule has 6 heteroatoms. The van der Waals surface area contributed by atoms with E-state index in [2.05, 4.69) is 59.3 Å². The molecule has 0 saturated heterocycles. The molecule has 3 rings (SSSR count). The first-order valence-electron chi connectivity index (χ1n) is 10.8. The maximum Gasteiger partial charge on any atom is 0.269 e. The molecule has 1 aromatic carbocycles. The molecule has 1 aliphatic carbocycles. The van der Waals surface area contributed by atoms with Crippen molar-refractivity contribution in [2.75, 3.05) is 45.7 Å². The van der Waals surface area contributed by atoms with Gasteiger partial charge in [-0.05, 0) is 62.6 Å². The molecule has 0 fully saturated rings. The van der Waals surface area contributed by atoms with Crippen LogP contribution in [0.15, 0.2) is 70.9 Å². The molecule has 5 nitrogen and oxygen atoms in total. The summed E-state index contributed by atoms with van der Waals surface area (Å²) in [6.07, 6.45) is 13.9. The summed E-state index contributed by atoms with van der Waals surface area (Å²) in [6, 6.07) is 8.65. The van der Waals surface area contributed by atoms with Crippen molar-refractivity contribution in [2.45, 2.75) is 25.7 Å². The Kier molecular flexibility index (Phi) is 8.52. The zero-order valence-corrected chi connectivity index (χ0v) is 19.4. The van der Waals surface area contributed by atoms with Gasteiger partial charge in [-0.15, -0.1) is 0 Å². The van der Waals surface area contributed by atoms with E-state index in [0.29, 0.717) is 0 Å². The van der Waals surface area contributed by atoms with Crippen molar-refractivity contribution in [1.82, 2.24) is 9.96 Å². The van der Waals surface area contributed by atoms with Crippen LogP contribution < -0.4 is 4.90 Å². The molecule has 1 heterocycles. The highest BCUT2D eigenvalue weighted by molar-refractivity contribution is 6.31. The van der Waals surface area contributed by atoms with E-state index < -0.39 is 0 Å². The molecule has 0 atom stereocenters. The first-order valence-corrected chi connectivity index (χ1v) is 11.2. The number of hydrogen-bond donors (Lipinski definition) is 0. The summed E-state index contributed by atoms with van der Waals surface area (Å²) in [5.41, 5.74) is 5.22. The summed E-state index contributed by atoms with van der Waals surface area (Å²) >= 11 is 6.37. The fourth-order valence-electron chi connectivity index (χ4n) is 3.86. The summed E-state index contributed by atoms with van der Waals surface area (Å²) < 4.78 is 0. The SMILES string of the molecule is CON(C)C(=O)/C=C/CN(C)CCCCN1C2=CC(Cl)=CCC2=CCc2ccccc21. The van der Waals surface area contributed by atoms with E-state index in [4.69, 9.17) is 16.4 Å². The highest BCUT2D eigenvalue weighted by atomic mass is 35.5. The number of carbonyl (C=O) groups excluding carboxylic acids is 1. The topological polar surface area (TPSA) is 36.0 Å². The molecule has 0 N–H and O–H groups in total. The van der Waals surface area contributed by atoms with Gasteiger partial charge < -0.3 is 9.80 Å². The van der Waals surface area contributed by atoms with E-state index in [-0.39, 0.29) is 5.91 Å². The summed E-state index contributed by atoms with van der Waals surface area (Å²) in [4.78, 5) is 21.3. The number of benzene rings is 1. The van der Waals surface area contributed by atoms with Gasteiger partial charge in [0.1, 0.15) is 0 Å². The van der Waals surface area contributed by atoms with Gasteiger partial charge in [-0.2, -0.15) is 0 Å². The van der Waals surface area contributed by atoms with E-state index >= 15 is 0 Å². The number of carbonyl (C=O) groups is 1. The number of anilines is 1. The van der Waals surface area contributed by atoms with Gasteiger partial charge in [-0.1, -0.05) is 48.0 Å². The van der Waals surface area contributed by atoms with Crippen LogP contribution in [0.2, 0.25) is 0 Å². The number of fused-ring (bicyclic) bond motifs is 2. The third-order valence-corrected chi connectivity index (χ3v) is 5.96. The molecule has 1 aliphatic heterocycles. The molecule has 1 amide bonds. The van der Waals surface area contributed by atoms with E-state index in [9.17, 15) is 4.79 Å². The molecule has 166 valence electrons. The largest absolute Gasteiger partial charge is 0.341 e. The maximum absolute atomic E-state index is 11.7. The zero-order chi connectivity index (χ0) is 22.2. The van der Waals surface area contributed by atoms with Gasteiger partial charge in [0.15, 0.2) is 0 Å². The number of allylic oxidation sites excluding steroid dienone is 5. The molecular weight excluding hydrogens is 410 g/mol. The van der Waals surface area contributed by atoms with Crippen LogP contribution in [-0.4, -0.2) is 56.7 Å². The van der Waals surface area contributed by atoms with Gasteiger partial charge in [0.2, 0.25) is 0 Å². The van der Waals surface area contributed by atoms with Crippen LogP contribution in [0.1, 0.15) is 24.8 Å². The van der Waals surface area contributed by atoms with Crippen LogP contribution in [0.5, 0.6) is 0 Å². The zero-order valence-electron chi connectivity index (χ0n) is 18.7. The second kappa shape index (κ2) is 11.3. The lowest BCUT2D eigenvalue weighted by Crippen LogP contribution is -2.27. The first kappa shape index (κ1) is 23.3. The van der Waals surface area contributed by atoms with Crippen molar-refractivity contribution in [1.29, 1.82) is 0 Å². The van der Waals surface area contributed by atoms with Crippen molar-refractivity contribution < 1.29 is 9.63 Å². The lowest BCUT2D eigenvalue weighted by atomic mass is 10.0. The number of halogens is 1. The molecule has 0 radical (unpaired) electrons. The normalized spacial score (nSPS) is 15.8. The van der Waals surface area contributed by atoms with Crippen LogP contribution >= 0.6 is 11.6 Å². The third kappa shape index (κ3) is 6.33. The lowest BCUT2D eigenvalue weighted by molar-refractivity contribution is -0.162. The number of hydroxylamine groups is 2. The first-order chi connectivity index (χ1) is 15.0. The van der Waals surface area contributed by atoms with Gasteiger partial charge in [0.25, 0.3) is 5.91 Å². The second-order valence-corrected chi connectivity index (χ2v) is 8.36. The standard InChI is InChI=1S/C25H32ClN3O2/c1-27(17-8-11-25(30)28(2)31-3)16-6-7-18-29-23-10-5-4-9-20(23)12-13-21-14-15-22(26)19-24(21)29/h4-5,8-11,13,15,19H,6-7,12,14,16-18H2,1-3H3/b11-8+. The van der Waals surface area contributed by atoms with Gasteiger partial charge in [-0.3, -0.25) is 9.63 Å². The molecule has 1 aromatic rings. The minimum Gasteiger partial charge on any atom is -0.341 e. The fraction of sp³-hybridized carbons (Fsp3) is 0.400. The number of likely N-dealkylation sites (N-methyl/N-ethyl adjacent to an activating group) is 2. The Morgan fingerprint density at radius 1 is 1.19 bits per heavy atom. The summed E-state index contributed by atoms with van der Waals surface area (Å²) in [7, 11) is 5.15. The highest BCUT2D eigenvalue weighted by Crippen LogP contribution is 2.36. The minimum atomic E-state index is -0.159. The Hall–Kier alpha value is -2.34. The molecule has 31 heavy (non-hydrogen) atoms. The Morgan fingerprint density at radius 2 is 2.00 bits per heavy atom. The number of para-hydroxylation sites is 1. The maximum atomic E-state index is 11.7. The van der Waals surface area contributed by atoms with Crippen LogP contribution in [0.25, 0.3) is 0 Å². The number of nitrogens with zero attached hydrogens (tertiary/aromatic N) is 3. The molecule has 0 saturated carbocycles. The lowest BCUT2D eigenvalue weighted by Gasteiger charge is -2.30. The van der Waals surface area contributed by atoms with Crippen LogP contribution in [0.3, 0.4) is 0 Å². The Morgan fingerprint density at radius 3 is 2.81 bits per heavy atom. The van der Waals surface area contributed by atoms with Crippen LogP contribution in [0, 0.1) is 0 Å². The van der Waals surface area contributed by atoms with Crippen molar-refractivity contribution in [3.05, 3.63) is 76.5 Å². The number of hydrogen-bond acceptors (Lipinski definition) is 4. The van der Waals surface area contributed by atoms with Crippen molar-refractivity contribution in [3.8, 4) is 0 Å².